The number of amides is 1. The van der Waals surface area contributed by atoms with E-state index in [1.54, 1.807) is 30.6 Å². The molecule has 3 rings (SSSR count). The Kier molecular flexibility index (Phi) is 6.40. The van der Waals surface area contributed by atoms with Gasteiger partial charge in [0.05, 0.1) is 6.21 Å². The van der Waals surface area contributed by atoms with E-state index < -0.39 is 0 Å². The average molecular weight is 394 g/mol. The number of hydrazone groups is 1. The normalized spacial score (nSPS) is 10.8. The zero-order chi connectivity index (χ0) is 19.9. The number of benzene rings is 2. The van der Waals surface area contributed by atoms with Crippen LogP contribution in [0.25, 0.3) is 0 Å². The largest absolute Gasteiger partial charge is 0.488 e. The van der Waals surface area contributed by atoms with Crippen LogP contribution in [0.3, 0.4) is 0 Å². The summed E-state index contributed by atoms with van der Waals surface area (Å²) < 4.78 is 5.98. The van der Waals surface area contributed by atoms with Crippen LogP contribution in [0.15, 0.2) is 65.9 Å². The van der Waals surface area contributed by atoms with E-state index in [2.05, 4.69) is 15.5 Å². The molecule has 1 amide bonds. The van der Waals surface area contributed by atoms with Gasteiger partial charge in [0.1, 0.15) is 18.1 Å². The zero-order valence-corrected chi connectivity index (χ0v) is 16.4. The van der Waals surface area contributed by atoms with Gasteiger partial charge in [-0.25, -0.2) is 5.43 Å². The average Bonchev–Trinajstić information content (AvgIpc) is 2.69. The molecule has 1 N–H and O–H groups in total. The molecule has 0 atom stereocenters. The number of hydrogen-bond donors (Lipinski definition) is 1. The lowest BCUT2D eigenvalue weighted by atomic mass is 10.1. The molecule has 0 spiro atoms. The van der Waals surface area contributed by atoms with Gasteiger partial charge in [-0.1, -0.05) is 29.8 Å². The summed E-state index contributed by atoms with van der Waals surface area (Å²) in [6.45, 7) is 4.43. The zero-order valence-electron chi connectivity index (χ0n) is 15.6. The van der Waals surface area contributed by atoms with E-state index in [-0.39, 0.29) is 5.91 Å². The lowest BCUT2D eigenvalue weighted by Gasteiger charge is -2.13. The van der Waals surface area contributed by atoms with Gasteiger partial charge < -0.3 is 4.74 Å². The van der Waals surface area contributed by atoms with E-state index in [9.17, 15) is 4.79 Å². The first-order valence-corrected chi connectivity index (χ1v) is 9.13. The maximum absolute atomic E-state index is 11.9. The van der Waals surface area contributed by atoms with Crippen LogP contribution in [0, 0.1) is 13.8 Å². The highest BCUT2D eigenvalue weighted by Crippen LogP contribution is 2.25. The minimum atomic E-state index is -0.354. The quantitative estimate of drug-likeness (QED) is 0.488. The molecule has 1 heterocycles. The summed E-state index contributed by atoms with van der Waals surface area (Å²) in [4.78, 5) is 15.9. The minimum absolute atomic E-state index is 0.318. The number of hydrogen-bond acceptors (Lipinski definition) is 4. The fourth-order valence-electron chi connectivity index (χ4n) is 2.74. The molecule has 28 heavy (non-hydrogen) atoms. The van der Waals surface area contributed by atoms with Gasteiger partial charge in [-0.2, -0.15) is 5.10 Å². The molecule has 0 aliphatic rings. The Labute approximate surface area is 169 Å². The molecular formula is C22H20ClN3O2. The molecule has 0 radical (unpaired) electrons. The van der Waals surface area contributed by atoms with Crippen molar-refractivity contribution in [3.05, 3.63) is 93.8 Å². The Hall–Kier alpha value is -3.18. The van der Waals surface area contributed by atoms with Crippen molar-refractivity contribution in [3.8, 4) is 5.75 Å². The highest BCUT2D eigenvalue weighted by molar-refractivity contribution is 6.30. The Balaban J connectivity index is 1.64. The third kappa shape index (κ3) is 5.18. The summed E-state index contributed by atoms with van der Waals surface area (Å²) in [5, 5.41) is 4.72. The van der Waals surface area contributed by atoms with Gasteiger partial charge in [0, 0.05) is 11.2 Å². The number of ether oxygens (including phenoxy) is 1. The van der Waals surface area contributed by atoms with Gasteiger partial charge in [0.25, 0.3) is 5.91 Å². The Bertz CT molecular complexity index is 963. The summed E-state index contributed by atoms with van der Waals surface area (Å²) in [5.74, 6) is 0.484. The number of carbonyl (C=O) groups is 1. The van der Waals surface area contributed by atoms with Crippen molar-refractivity contribution >= 4 is 23.7 Å². The first kappa shape index (κ1) is 19.6. The molecule has 0 saturated carbocycles. The fraction of sp³-hybridized carbons (Fsp3) is 0.136. The molecule has 0 unspecified atom stereocenters. The van der Waals surface area contributed by atoms with Crippen LogP contribution in [0.2, 0.25) is 5.02 Å². The first-order valence-electron chi connectivity index (χ1n) is 8.76. The molecule has 142 valence electrons. The lowest BCUT2D eigenvalue weighted by molar-refractivity contribution is 0.0950. The number of rotatable bonds is 6. The van der Waals surface area contributed by atoms with Gasteiger partial charge >= 0.3 is 0 Å². The molecule has 3 aromatic rings. The third-order valence-corrected chi connectivity index (χ3v) is 4.31. The van der Waals surface area contributed by atoms with Crippen molar-refractivity contribution in [2.24, 2.45) is 5.10 Å². The molecule has 1 aromatic heterocycles. The third-order valence-electron chi connectivity index (χ3n) is 4.06. The van der Waals surface area contributed by atoms with Crippen LogP contribution in [0.5, 0.6) is 5.75 Å². The summed E-state index contributed by atoms with van der Waals surface area (Å²) in [6, 6.07) is 16.6. The second-order valence-corrected chi connectivity index (χ2v) is 6.75. The van der Waals surface area contributed by atoms with Gasteiger partial charge in [-0.05, 0) is 72.5 Å². The highest BCUT2D eigenvalue weighted by Gasteiger charge is 2.07. The second kappa shape index (κ2) is 9.15. The summed E-state index contributed by atoms with van der Waals surface area (Å²) in [6.07, 6.45) is 3.16. The fourth-order valence-corrected chi connectivity index (χ4v) is 2.87. The van der Waals surface area contributed by atoms with Crippen LogP contribution in [0.4, 0.5) is 0 Å². The van der Waals surface area contributed by atoms with E-state index in [0.717, 1.165) is 28.0 Å². The predicted molar refractivity (Wildman–Crippen MR) is 111 cm³/mol. The van der Waals surface area contributed by atoms with Crippen LogP contribution in [-0.4, -0.2) is 17.1 Å². The Morgan fingerprint density at radius 1 is 1.14 bits per heavy atom. The molecular weight excluding hydrogens is 374 g/mol. The number of nitrogens with one attached hydrogen (secondary N) is 1. The van der Waals surface area contributed by atoms with Gasteiger partial charge in [0.2, 0.25) is 0 Å². The van der Waals surface area contributed by atoms with E-state index in [4.69, 9.17) is 16.3 Å². The molecule has 0 aliphatic carbocycles. The SMILES string of the molecule is Cc1cc(/C=N\NC(=O)c2ccccn2)cc(C)c1OCc1ccc(Cl)cc1. The molecule has 6 heteroatoms. The second-order valence-electron chi connectivity index (χ2n) is 6.31. The molecule has 0 saturated heterocycles. The van der Waals surface area contributed by atoms with Crippen molar-refractivity contribution in [1.82, 2.24) is 10.4 Å². The monoisotopic (exact) mass is 393 g/mol. The summed E-state index contributed by atoms with van der Waals surface area (Å²) in [5.41, 5.74) is 6.70. The number of carbonyl (C=O) groups excluding carboxylic acids is 1. The standard InChI is InChI=1S/C22H20ClN3O2/c1-15-11-18(13-25-26-22(27)20-5-3-4-10-24-20)12-16(2)21(15)28-14-17-6-8-19(23)9-7-17/h3-13H,14H2,1-2H3,(H,26,27)/b25-13-. The summed E-state index contributed by atoms with van der Waals surface area (Å²) >= 11 is 5.91. The van der Waals surface area contributed by atoms with Crippen molar-refractivity contribution in [2.75, 3.05) is 0 Å². The summed E-state index contributed by atoms with van der Waals surface area (Å²) in [7, 11) is 0. The van der Waals surface area contributed by atoms with Crippen LogP contribution in [-0.2, 0) is 6.61 Å². The molecule has 0 aliphatic heterocycles. The molecule has 0 bridgehead atoms. The van der Waals surface area contributed by atoms with Crippen LogP contribution >= 0.6 is 11.6 Å². The van der Waals surface area contributed by atoms with E-state index in [0.29, 0.717) is 17.3 Å². The van der Waals surface area contributed by atoms with Gasteiger partial charge in [-0.3, -0.25) is 9.78 Å². The smallest absolute Gasteiger partial charge is 0.289 e. The molecule has 5 nitrogen and oxygen atoms in total. The van der Waals surface area contributed by atoms with Gasteiger partial charge in [0.15, 0.2) is 0 Å². The minimum Gasteiger partial charge on any atom is -0.488 e. The molecule has 0 fully saturated rings. The van der Waals surface area contributed by atoms with Crippen LogP contribution in [0.1, 0.15) is 32.7 Å². The van der Waals surface area contributed by atoms with Gasteiger partial charge in [-0.15, -0.1) is 0 Å². The van der Waals surface area contributed by atoms with Crippen LogP contribution < -0.4 is 10.2 Å². The number of nitrogens with zero attached hydrogens (tertiary/aromatic N) is 2. The van der Waals surface area contributed by atoms with E-state index in [1.807, 2.05) is 50.2 Å². The lowest BCUT2D eigenvalue weighted by Crippen LogP contribution is -2.18. The maximum Gasteiger partial charge on any atom is 0.289 e. The van der Waals surface area contributed by atoms with Crippen molar-refractivity contribution < 1.29 is 9.53 Å². The van der Waals surface area contributed by atoms with Crippen molar-refractivity contribution in [3.63, 3.8) is 0 Å². The van der Waals surface area contributed by atoms with Crippen molar-refractivity contribution in [2.45, 2.75) is 20.5 Å². The number of aryl methyl sites for hydroxylation is 2. The number of halogens is 1. The Morgan fingerprint density at radius 2 is 1.86 bits per heavy atom. The van der Waals surface area contributed by atoms with Crippen molar-refractivity contribution in [1.29, 1.82) is 0 Å². The topological polar surface area (TPSA) is 63.6 Å². The predicted octanol–water partition coefficient (Wildman–Crippen LogP) is 4.69. The number of aromatic nitrogens is 1. The molecule has 2 aromatic carbocycles. The van der Waals surface area contributed by atoms with E-state index >= 15 is 0 Å². The first-order chi connectivity index (χ1) is 13.5. The maximum atomic E-state index is 11.9. The highest BCUT2D eigenvalue weighted by atomic mass is 35.5. The number of pyridine rings is 1. The Morgan fingerprint density at radius 3 is 2.50 bits per heavy atom. The van der Waals surface area contributed by atoms with E-state index in [1.165, 1.54) is 0 Å².